The van der Waals surface area contributed by atoms with E-state index in [0.717, 1.165) is 17.8 Å². The number of nitrogens with zero attached hydrogens (tertiary/aromatic N) is 1. The van der Waals surface area contributed by atoms with Gasteiger partial charge in [0.1, 0.15) is 11.6 Å². The van der Waals surface area contributed by atoms with Crippen LogP contribution in [0.15, 0.2) is 29.2 Å². The fraction of sp³-hybridized carbons (Fsp3) is 0.308. The molecule has 0 saturated carbocycles. The number of H-pyrrole nitrogens is 1. The van der Waals surface area contributed by atoms with Crippen LogP contribution in [-0.4, -0.2) is 18.6 Å². The number of aromatic nitrogens is 2. The fourth-order valence-electron chi connectivity index (χ4n) is 1.64. The smallest absolute Gasteiger partial charge is 0.263 e. The van der Waals surface area contributed by atoms with Gasteiger partial charge in [0.25, 0.3) is 10.0 Å². The van der Waals surface area contributed by atoms with Gasteiger partial charge in [-0.05, 0) is 12.1 Å². The summed E-state index contributed by atoms with van der Waals surface area (Å²) in [5.74, 6) is -1.87. The van der Waals surface area contributed by atoms with Gasteiger partial charge in [-0.15, -0.1) is 0 Å². The lowest BCUT2D eigenvalue weighted by molar-refractivity contribution is 0.567. The van der Waals surface area contributed by atoms with Crippen molar-refractivity contribution in [3.63, 3.8) is 0 Å². The lowest BCUT2D eigenvalue weighted by Crippen LogP contribution is -2.14. The Morgan fingerprint density at radius 1 is 1.10 bits per heavy atom. The van der Waals surface area contributed by atoms with Crippen molar-refractivity contribution in [1.82, 2.24) is 10.2 Å². The molecule has 0 bridgehead atoms. The monoisotopic (exact) mass is 315 g/mol. The van der Waals surface area contributed by atoms with Gasteiger partial charge in [-0.2, -0.15) is 5.10 Å². The molecule has 114 valence electrons. The van der Waals surface area contributed by atoms with Gasteiger partial charge in [-0.3, -0.25) is 9.82 Å². The van der Waals surface area contributed by atoms with Crippen molar-refractivity contribution in [1.29, 1.82) is 0 Å². The Hall–Kier alpha value is -1.96. The molecule has 2 N–H and O–H groups in total. The van der Waals surface area contributed by atoms with Crippen molar-refractivity contribution < 1.29 is 17.2 Å². The Bertz CT molecular complexity index is 744. The lowest BCUT2D eigenvalue weighted by atomic mass is 9.92. The minimum atomic E-state index is -4.10. The van der Waals surface area contributed by atoms with Crippen molar-refractivity contribution in [2.75, 3.05) is 4.72 Å². The van der Waals surface area contributed by atoms with Gasteiger partial charge < -0.3 is 0 Å². The Morgan fingerprint density at radius 3 is 2.14 bits per heavy atom. The highest BCUT2D eigenvalue weighted by Crippen LogP contribution is 2.23. The molecule has 1 heterocycles. The lowest BCUT2D eigenvalue weighted by Gasteiger charge is -2.14. The summed E-state index contributed by atoms with van der Waals surface area (Å²) >= 11 is 0. The second-order valence-electron chi connectivity index (χ2n) is 5.63. The summed E-state index contributed by atoms with van der Waals surface area (Å²) in [5.41, 5.74) is 0.493. The maximum absolute atomic E-state index is 13.1. The molecule has 2 rings (SSSR count). The summed E-state index contributed by atoms with van der Waals surface area (Å²) in [6.45, 7) is 5.79. The Kier molecular flexibility index (Phi) is 3.75. The van der Waals surface area contributed by atoms with Crippen molar-refractivity contribution in [3.05, 3.63) is 41.6 Å². The van der Waals surface area contributed by atoms with E-state index in [9.17, 15) is 17.2 Å². The fourth-order valence-corrected chi connectivity index (χ4v) is 2.67. The zero-order chi connectivity index (χ0) is 15.8. The molecule has 0 fully saturated rings. The van der Waals surface area contributed by atoms with Gasteiger partial charge in [0, 0.05) is 23.2 Å². The highest BCUT2D eigenvalue weighted by Gasteiger charge is 2.21. The van der Waals surface area contributed by atoms with E-state index in [0.29, 0.717) is 6.07 Å². The largest absolute Gasteiger partial charge is 0.280 e. The quantitative estimate of drug-likeness (QED) is 0.914. The number of aromatic amines is 1. The van der Waals surface area contributed by atoms with Gasteiger partial charge >= 0.3 is 0 Å². The van der Waals surface area contributed by atoms with Gasteiger partial charge in [-0.25, -0.2) is 17.2 Å². The van der Waals surface area contributed by atoms with E-state index in [4.69, 9.17) is 0 Å². The average molecular weight is 315 g/mol. The summed E-state index contributed by atoms with van der Waals surface area (Å²) in [4.78, 5) is -0.500. The molecule has 5 nitrogen and oxygen atoms in total. The molecule has 21 heavy (non-hydrogen) atoms. The zero-order valence-corrected chi connectivity index (χ0v) is 12.6. The Labute approximate surface area is 121 Å². The second kappa shape index (κ2) is 5.10. The molecule has 0 amide bonds. The summed E-state index contributed by atoms with van der Waals surface area (Å²) in [6.07, 6.45) is 0. The number of halogens is 2. The molecular weight excluding hydrogens is 300 g/mol. The standard InChI is InChI=1S/C13H15F2N3O2S/c1-13(2,3)11-7-12(17-16-11)18-21(19,20)10-5-8(14)4-9(15)6-10/h4-7H,1-3H3,(H2,16,17,18). The molecule has 0 aliphatic rings. The summed E-state index contributed by atoms with van der Waals surface area (Å²) in [7, 11) is -4.10. The topological polar surface area (TPSA) is 74.8 Å². The van der Waals surface area contributed by atoms with E-state index in [1.807, 2.05) is 20.8 Å². The summed E-state index contributed by atoms with van der Waals surface area (Å²) in [6, 6.07) is 3.62. The highest BCUT2D eigenvalue weighted by molar-refractivity contribution is 7.92. The van der Waals surface area contributed by atoms with Crippen LogP contribution in [0.3, 0.4) is 0 Å². The molecule has 0 radical (unpaired) electrons. The van der Waals surface area contributed by atoms with Crippen LogP contribution in [0, 0.1) is 11.6 Å². The molecule has 0 aliphatic heterocycles. The highest BCUT2D eigenvalue weighted by atomic mass is 32.2. The molecule has 0 unspecified atom stereocenters. The Morgan fingerprint density at radius 2 is 1.67 bits per heavy atom. The average Bonchev–Trinajstić information content (AvgIpc) is 2.75. The maximum atomic E-state index is 13.1. The maximum Gasteiger partial charge on any atom is 0.263 e. The van der Waals surface area contributed by atoms with Crippen LogP contribution in [-0.2, 0) is 15.4 Å². The second-order valence-corrected chi connectivity index (χ2v) is 7.31. The van der Waals surface area contributed by atoms with Crippen LogP contribution in [0.25, 0.3) is 0 Å². The van der Waals surface area contributed by atoms with Crippen LogP contribution in [0.1, 0.15) is 26.5 Å². The first-order valence-electron chi connectivity index (χ1n) is 6.13. The van der Waals surface area contributed by atoms with E-state index >= 15 is 0 Å². The van der Waals surface area contributed by atoms with Crippen LogP contribution in [0.2, 0.25) is 0 Å². The van der Waals surface area contributed by atoms with Gasteiger partial charge in [0.2, 0.25) is 0 Å². The van der Waals surface area contributed by atoms with Gasteiger partial charge in [-0.1, -0.05) is 20.8 Å². The first-order valence-corrected chi connectivity index (χ1v) is 7.61. The molecule has 0 spiro atoms. The Balaban J connectivity index is 2.31. The van der Waals surface area contributed by atoms with Crippen molar-refractivity contribution in [2.24, 2.45) is 0 Å². The van der Waals surface area contributed by atoms with Crippen LogP contribution < -0.4 is 4.72 Å². The van der Waals surface area contributed by atoms with Crippen LogP contribution in [0.5, 0.6) is 0 Å². The third-order valence-corrected chi connectivity index (χ3v) is 4.11. The number of anilines is 1. The molecule has 0 atom stereocenters. The molecule has 1 aromatic carbocycles. The first-order chi connectivity index (χ1) is 9.58. The van der Waals surface area contributed by atoms with E-state index < -0.39 is 26.6 Å². The number of benzene rings is 1. The van der Waals surface area contributed by atoms with E-state index in [-0.39, 0.29) is 11.2 Å². The normalized spacial score (nSPS) is 12.4. The number of sulfonamides is 1. The van der Waals surface area contributed by atoms with Gasteiger partial charge in [0.05, 0.1) is 4.90 Å². The number of hydrogen-bond donors (Lipinski definition) is 2. The summed E-state index contributed by atoms with van der Waals surface area (Å²) < 4.78 is 52.5. The predicted molar refractivity (Wildman–Crippen MR) is 74.5 cm³/mol. The minimum absolute atomic E-state index is 0.0598. The van der Waals surface area contributed by atoms with E-state index in [2.05, 4.69) is 14.9 Å². The number of nitrogens with one attached hydrogen (secondary N) is 2. The number of rotatable bonds is 3. The van der Waals surface area contributed by atoms with Crippen molar-refractivity contribution >= 4 is 15.8 Å². The predicted octanol–water partition coefficient (Wildman–Crippen LogP) is 2.79. The third-order valence-electron chi connectivity index (χ3n) is 2.77. The first kappa shape index (κ1) is 15.4. The number of hydrogen-bond acceptors (Lipinski definition) is 3. The molecular formula is C13H15F2N3O2S. The van der Waals surface area contributed by atoms with Crippen molar-refractivity contribution in [3.8, 4) is 0 Å². The zero-order valence-electron chi connectivity index (χ0n) is 11.7. The van der Waals surface area contributed by atoms with Gasteiger partial charge in [0.15, 0.2) is 5.82 Å². The molecule has 2 aromatic rings. The SMILES string of the molecule is CC(C)(C)c1cc(NS(=O)(=O)c2cc(F)cc(F)c2)n[nH]1. The van der Waals surface area contributed by atoms with Crippen LogP contribution in [0.4, 0.5) is 14.6 Å². The summed E-state index contributed by atoms with van der Waals surface area (Å²) in [5, 5.41) is 6.55. The molecule has 8 heteroatoms. The van der Waals surface area contributed by atoms with E-state index in [1.165, 1.54) is 6.07 Å². The third kappa shape index (κ3) is 3.57. The van der Waals surface area contributed by atoms with Crippen LogP contribution >= 0.6 is 0 Å². The van der Waals surface area contributed by atoms with Crippen molar-refractivity contribution in [2.45, 2.75) is 31.1 Å². The minimum Gasteiger partial charge on any atom is -0.280 e. The van der Waals surface area contributed by atoms with E-state index in [1.54, 1.807) is 0 Å². The molecule has 0 aliphatic carbocycles. The molecule has 0 saturated heterocycles. The molecule has 1 aromatic heterocycles.